The van der Waals surface area contributed by atoms with E-state index in [-0.39, 0.29) is 10.8 Å². The zero-order chi connectivity index (χ0) is 55.4. The van der Waals surface area contributed by atoms with Crippen LogP contribution in [0.2, 0.25) is 0 Å². The second-order valence-corrected chi connectivity index (χ2v) is 26.4. The number of nitrogens with zero attached hydrogens (tertiary/aromatic N) is 5. The van der Waals surface area contributed by atoms with E-state index >= 15 is 0 Å². The Morgan fingerprint density at radius 1 is 0.551 bits per heavy atom. The average molecular weight is 1030 g/mol. The fraction of sp³-hybridized carbons (Fsp3) is 0.342. The van der Waals surface area contributed by atoms with E-state index in [1.54, 1.807) is 0 Å². The van der Waals surface area contributed by atoms with E-state index in [9.17, 15) is 0 Å². The number of aryl methyl sites for hydroxylation is 7. The third kappa shape index (κ3) is 7.60. The van der Waals surface area contributed by atoms with Gasteiger partial charge < -0.3 is 9.80 Å². The molecule has 12 rings (SSSR count). The first-order chi connectivity index (χ1) is 36.8. The molecule has 5 nitrogen and oxygen atoms in total. The maximum atomic E-state index is 6.25. The molecule has 2 aromatic heterocycles. The van der Waals surface area contributed by atoms with Crippen molar-refractivity contribution in [1.82, 2.24) is 9.55 Å². The van der Waals surface area contributed by atoms with Gasteiger partial charge in [0.1, 0.15) is 17.2 Å². The summed E-state index contributed by atoms with van der Waals surface area (Å²) in [6, 6.07) is 47.6. The molecule has 0 N–H and O–H groups in total. The van der Waals surface area contributed by atoms with Crippen LogP contribution in [0.5, 0.6) is 0 Å². The number of benzene rings is 7. The molecule has 0 fully saturated rings. The molecule has 0 spiro atoms. The summed E-state index contributed by atoms with van der Waals surface area (Å²) in [6.07, 6.45) is 2.88. The minimum Gasteiger partial charge on any atom is -0.317 e. The second kappa shape index (κ2) is 17.6. The van der Waals surface area contributed by atoms with Crippen LogP contribution < -0.4 is 9.80 Å². The van der Waals surface area contributed by atoms with Crippen molar-refractivity contribution in [2.75, 3.05) is 9.80 Å². The molecule has 0 saturated heterocycles. The van der Waals surface area contributed by atoms with Crippen molar-refractivity contribution in [3.63, 3.8) is 0 Å². The van der Waals surface area contributed by atoms with E-state index in [2.05, 4.69) is 260 Å². The lowest BCUT2D eigenvalue weighted by Crippen LogP contribution is -2.54. The van der Waals surface area contributed by atoms with Gasteiger partial charge in [0.2, 0.25) is 0 Å². The lowest BCUT2D eigenvalue weighted by Gasteiger charge is -2.44. The molecule has 1 aliphatic carbocycles. The smallest absolute Gasteiger partial charge is 0.137 e. The maximum absolute atomic E-state index is 6.25. The zero-order valence-corrected chi connectivity index (χ0v) is 49.7. The van der Waals surface area contributed by atoms with Crippen LogP contribution in [0, 0.1) is 48.5 Å². The number of hydrogen-bond donors (Lipinski definition) is 0. The number of aromatic nitrogens is 2. The van der Waals surface area contributed by atoms with Gasteiger partial charge in [-0.25, -0.2) is 4.98 Å². The highest BCUT2D eigenvalue weighted by Gasteiger charge is 2.61. The van der Waals surface area contributed by atoms with Gasteiger partial charge in [0.25, 0.3) is 0 Å². The molecular formula is C73H79N5. The molecule has 9 aromatic rings. The molecular weight excluding hydrogens is 947 g/mol. The van der Waals surface area contributed by atoms with Crippen molar-refractivity contribution < 1.29 is 0 Å². The van der Waals surface area contributed by atoms with E-state index in [0.29, 0.717) is 11.8 Å². The Hall–Kier alpha value is -7.24. The summed E-state index contributed by atoms with van der Waals surface area (Å²) < 4.78 is 2.42. The summed E-state index contributed by atoms with van der Waals surface area (Å²) in [5.41, 5.74) is 27.6. The van der Waals surface area contributed by atoms with E-state index in [1.165, 1.54) is 117 Å². The first-order valence-electron chi connectivity index (χ1n) is 28.7. The highest BCUT2D eigenvalue weighted by atomic mass is 15.4. The van der Waals surface area contributed by atoms with Crippen LogP contribution in [-0.4, -0.2) is 20.9 Å². The molecule has 396 valence electrons. The summed E-state index contributed by atoms with van der Waals surface area (Å²) >= 11 is 0. The average Bonchev–Trinajstić information content (AvgIpc) is 3.04. The SMILES string of the molecule is Cc1cc(C)c(-c2cc(C3=N[C@]4(C)c5cc(C)c(C)cc5C[C@]4(C)N3c3c(C(C)C)cccc3C(C)C)cc(N3c4ccc(C)cc4C(C)(C)c4cc5c6cc(C)ccc6n(-c6cc(C(C)(C)C)ccn6)c5cc43)c2)c(C)c1. The Morgan fingerprint density at radius 3 is 1.86 bits per heavy atom. The Bertz CT molecular complexity index is 3990. The van der Waals surface area contributed by atoms with Gasteiger partial charge in [0.05, 0.1) is 33.6 Å². The van der Waals surface area contributed by atoms with Crippen LogP contribution >= 0.6 is 0 Å². The van der Waals surface area contributed by atoms with Crippen molar-refractivity contribution in [2.45, 2.75) is 165 Å². The number of fused-ring (bicyclic) bond motifs is 8. The molecule has 0 radical (unpaired) electrons. The summed E-state index contributed by atoms with van der Waals surface area (Å²) in [7, 11) is 0. The second-order valence-electron chi connectivity index (χ2n) is 26.4. The van der Waals surface area contributed by atoms with Crippen LogP contribution in [0.4, 0.5) is 22.7 Å². The number of para-hydroxylation sites is 1. The van der Waals surface area contributed by atoms with E-state index < -0.39 is 11.1 Å². The predicted molar refractivity (Wildman–Crippen MR) is 332 cm³/mol. The molecule has 0 bridgehead atoms. The molecule has 4 heterocycles. The maximum Gasteiger partial charge on any atom is 0.137 e. The monoisotopic (exact) mass is 1030 g/mol. The molecule has 5 heteroatoms. The zero-order valence-electron chi connectivity index (χ0n) is 49.7. The minimum atomic E-state index is -0.540. The lowest BCUT2D eigenvalue weighted by atomic mass is 9.72. The quantitative estimate of drug-likeness (QED) is 0.160. The number of aliphatic imine (C=N–C) groups is 1. The summed E-state index contributed by atoms with van der Waals surface area (Å²) in [6.45, 7) is 41.9. The standard InChI is InChI=1S/C73H79N5/c1-41(2)55-20-19-21-56(42(3)4)68(55)78-69(75-73(18)59-33-47(9)46(8)32-52(59)40-72(73,78)17)51-34-50(67-48(10)28-45(7)29-49(67)11)35-54(36-51)76-63-25-23-44(6)31-60(63)71(15,16)61-38-58-57-30-43(5)22-24-62(57)77(64(58)39-65(61)76)66-37-53(26-27-74-66)70(12,13)14/h19-39,41-42H,40H2,1-18H3/t72-,73+/m0/s1. The van der Waals surface area contributed by atoms with Crippen molar-refractivity contribution in [3.8, 4) is 16.9 Å². The van der Waals surface area contributed by atoms with Crippen LogP contribution in [0.15, 0.2) is 133 Å². The van der Waals surface area contributed by atoms with E-state index in [1.807, 2.05) is 6.20 Å². The molecule has 78 heavy (non-hydrogen) atoms. The Labute approximate surface area is 465 Å². The Morgan fingerprint density at radius 2 is 1.18 bits per heavy atom. The van der Waals surface area contributed by atoms with Gasteiger partial charge in [-0.05, 0) is 219 Å². The largest absolute Gasteiger partial charge is 0.317 e. The summed E-state index contributed by atoms with van der Waals surface area (Å²) in [5.74, 6) is 2.54. The summed E-state index contributed by atoms with van der Waals surface area (Å²) in [4.78, 5) is 16.8. The van der Waals surface area contributed by atoms with Crippen molar-refractivity contribution in [3.05, 3.63) is 211 Å². The van der Waals surface area contributed by atoms with Gasteiger partial charge in [-0.3, -0.25) is 9.56 Å². The van der Waals surface area contributed by atoms with Gasteiger partial charge in [-0.1, -0.05) is 140 Å². The number of hydrogen-bond acceptors (Lipinski definition) is 4. The Balaban J connectivity index is 1.20. The molecule has 0 saturated carbocycles. The minimum absolute atomic E-state index is 0.0486. The fourth-order valence-electron chi connectivity index (χ4n) is 14.3. The highest BCUT2D eigenvalue weighted by molar-refractivity contribution is 6.16. The van der Waals surface area contributed by atoms with Crippen molar-refractivity contribution in [2.24, 2.45) is 4.99 Å². The van der Waals surface area contributed by atoms with Crippen LogP contribution in [-0.2, 0) is 22.8 Å². The van der Waals surface area contributed by atoms with Crippen molar-refractivity contribution >= 4 is 50.4 Å². The molecule has 7 aromatic carbocycles. The van der Waals surface area contributed by atoms with Crippen LogP contribution in [0.3, 0.4) is 0 Å². The lowest BCUT2D eigenvalue weighted by molar-refractivity contribution is 0.321. The normalized spacial score (nSPS) is 18.5. The van der Waals surface area contributed by atoms with Crippen molar-refractivity contribution in [1.29, 1.82) is 0 Å². The van der Waals surface area contributed by atoms with Gasteiger partial charge >= 0.3 is 0 Å². The Kier molecular flexibility index (Phi) is 11.6. The third-order valence-corrected chi connectivity index (χ3v) is 18.7. The summed E-state index contributed by atoms with van der Waals surface area (Å²) in [5, 5.41) is 2.48. The first-order valence-corrected chi connectivity index (χ1v) is 28.7. The molecule has 0 amide bonds. The highest BCUT2D eigenvalue weighted by Crippen LogP contribution is 2.59. The van der Waals surface area contributed by atoms with Gasteiger partial charge in [-0.15, -0.1) is 0 Å². The third-order valence-electron chi connectivity index (χ3n) is 18.7. The van der Waals surface area contributed by atoms with Gasteiger partial charge in [0, 0.05) is 33.6 Å². The topological polar surface area (TPSA) is 36.7 Å². The number of amidine groups is 1. The number of rotatable bonds is 7. The first kappa shape index (κ1) is 51.5. The predicted octanol–water partition coefficient (Wildman–Crippen LogP) is 19.2. The van der Waals surface area contributed by atoms with Gasteiger partial charge in [0.15, 0.2) is 0 Å². The van der Waals surface area contributed by atoms with Gasteiger partial charge in [-0.2, -0.15) is 0 Å². The molecule has 0 unspecified atom stereocenters. The van der Waals surface area contributed by atoms with Crippen LogP contribution in [0.1, 0.15) is 171 Å². The van der Waals surface area contributed by atoms with E-state index in [0.717, 1.165) is 40.4 Å². The number of anilines is 4. The number of pyridine rings is 1. The van der Waals surface area contributed by atoms with E-state index in [4.69, 9.17) is 9.98 Å². The molecule has 3 aliphatic rings. The van der Waals surface area contributed by atoms with Crippen LogP contribution in [0.25, 0.3) is 38.8 Å². The molecule has 2 atom stereocenters. The molecule has 2 aliphatic heterocycles. The fourth-order valence-corrected chi connectivity index (χ4v) is 14.3.